The summed E-state index contributed by atoms with van der Waals surface area (Å²) in [6.07, 6.45) is 0. The van der Waals surface area contributed by atoms with Crippen LogP contribution >= 0.6 is 15.9 Å². The van der Waals surface area contributed by atoms with Crippen LogP contribution in [0.1, 0.15) is 0 Å². The fraction of sp³-hybridized carbons (Fsp3) is 1.00. The fourth-order valence-electron chi connectivity index (χ4n) is 1.34. The molecule has 0 rings (SSSR count). The second-order valence-electron chi connectivity index (χ2n) is 4.15. The Morgan fingerprint density at radius 1 is 0.455 bits per heavy atom. The summed E-state index contributed by atoms with van der Waals surface area (Å²) >= 11 is 3.28. The van der Waals surface area contributed by atoms with Crippen LogP contribution in [0.15, 0.2) is 0 Å². The number of hydrogen-bond acceptors (Lipinski definition) is 7. The predicted octanol–water partition coefficient (Wildman–Crippen LogP) is 0.440. The first-order valence-corrected chi connectivity index (χ1v) is 8.76. The van der Waals surface area contributed by atoms with E-state index in [0.717, 1.165) is 5.33 Å². The molecule has 0 aliphatic carbocycles. The molecule has 0 bridgehead atoms. The molecule has 0 spiro atoms. The van der Waals surface area contributed by atoms with Crippen LogP contribution in [-0.4, -0.2) is 91.2 Å². The molecule has 22 heavy (non-hydrogen) atoms. The van der Waals surface area contributed by atoms with Gasteiger partial charge in [0, 0.05) is 11.9 Å². The molecule has 0 saturated carbocycles. The highest BCUT2D eigenvalue weighted by Gasteiger charge is 1.93. The summed E-state index contributed by atoms with van der Waals surface area (Å²) in [6.45, 7) is 7.55. The minimum absolute atomic E-state index is 0.541. The molecule has 0 atom stereocenters. The topological polar surface area (TPSA) is 81.4 Å². The number of rotatable bonds is 19. The molecule has 8 heteroatoms. The quantitative estimate of drug-likeness (QED) is 0.254. The van der Waals surface area contributed by atoms with E-state index >= 15 is 0 Å². The van der Waals surface area contributed by atoms with Crippen molar-refractivity contribution in [3.8, 4) is 0 Å². The van der Waals surface area contributed by atoms with E-state index in [-0.39, 0.29) is 0 Å². The zero-order chi connectivity index (χ0) is 16.1. The van der Waals surface area contributed by atoms with Gasteiger partial charge in [-0.2, -0.15) is 0 Å². The van der Waals surface area contributed by atoms with Gasteiger partial charge in [0.2, 0.25) is 0 Å². The smallest absolute Gasteiger partial charge is 0.0701 e. The van der Waals surface area contributed by atoms with Crippen molar-refractivity contribution in [3.63, 3.8) is 0 Å². The van der Waals surface area contributed by atoms with Crippen LogP contribution < -0.4 is 5.73 Å². The van der Waals surface area contributed by atoms with Gasteiger partial charge in [-0.05, 0) is 0 Å². The predicted molar refractivity (Wildman–Crippen MR) is 87.8 cm³/mol. The lowest BCUT2D eigenvalue weighted by atomic mass is 10.6. The monoisotopic (exact) mass is 387 g/mol. The summed E-state index contributed by atoms with van der Waals surface area (Å²) < 4.78 is 31.8. The average molecular weight is 388 g/mol. The lowest BCUT2D eigenvalue weighted by molar-refractivity contribution is -0.0157. The number of nitrogens with two attached hydrogens (primary N) is 1. The van der Waals surface area contributed by atoms with Crippen LogP contribution in [0, 0.1) is 0 Å². The molecule has 0 aromatic rings. The molecule has 134 valence electrons. The van der Waals surface area contributed by atoms with E-state index in [1.807, 2.05) is 0 Å². The zero-order valence-electron chi connectivity index (χ0n) is 13.3. The molecule has 0 saturated heterocycles. The second kappa shape index (κ2) is 21.2. The van der Waals surface area contributed by atoms with Crippen LogP contribution in [0.25, 0.3) is 0 Å². The van der Waals surface area contributed by atoms with E-state index in [2.05, 4.69) is 15.9 Å². The van der Waals surface area contributed by atoms with E-state index in [4.69, 9.17) is 34.2 Å². The maximum atomic E-state index is 5.36. The highest BCUT2D eigenvalue weighted by Crippen LogP contribution is 1.85. The maximum Gasteiger partial charge on any atom is 0.0701 e. The lowest BCUT2D eigenvalue weighted by Crippen LogP contribution is -2.15. The lowest BCUT2D eigenvalue weighted by Gasteiger charge is -2.08. The molecule has 0 aliphatic heterocycles. The summed E-state index contributed by atoms with van der Waals surface area (Å²) in [4.78, 5) is 0. The van der Waals surface area contributed by atoms with E-state index in [1.165, 1.54) is 0 Å². The Kier molecular flexibility index (Phi) is 21.4. The normalized spacial score (nSPS) is 11.2. The largest absolute Gasteiger partial charge is 0.378 e. The molecule has 0 radical (unpaired) electrons. The standard InChI is InChI=1S/C14H30BrNO6/c15-1-3-17-5-7-19-9-11-21-13-14-22-12-10-20-8-6-18-4-2-16/h1-14,16H2. The maximum absolute atomic E-state index is 5.36. The Hall–Kier alpha value is 0.200. The summed E-state index contributed by atoms with van der Waals surface area (Å²) in [7, 11) is 0. The van der Waals surface area contributed by atoms with Gasteiger partial charge in [-0.15, -0.1) is 0 Å². The van der Waals surface area contributed by atoms with Crippen molar-refractivity contribution in [2.24, 2.45) is 5.73 Å². The van der Waals surface area contributed by atoms with Crippen molar-refractivity contribution in [1.82, 2.24) is 0 Å². The van der Waals surface area contributed by atoms with Crippen molar-refractivity contribution in [3.05, 3.63) is 0 Å². The highest BCUT2D eigenvalue weighted by atomic mass is 79.9. The van der Waals surface area contributed by atoms with Crippen LogP contribution in [0.3, 0.4) is 0 Å². The Morgan fingerprint density at radius 2 is 0.727 bits per heavy atom. The third-order valence-corrected chi connectivity index (χ3v) is 2.67. The van der Waals surface area contributed by atoms with Crippen LogP contribution in [0.5, 0.6) is 0 Å². The van der Waals surface area contributed by atoms with Crippen molar-refractivity contribution in [2.45, 2.75) is 0 Å². The van der Waals surface area contributed by atoms with Gasteiger partial charge in [-0.1, -0.05) is 15.9 Å². The number of hydrogen-bond donors (Lipinski definition) is 1. The van der Waals surface area contributed by atoms with Gasteiger partial charge >= 0.3 is 0 Å². The van der Waals surface area contributed by atoms with Crippen molar-refractivity contribution < 1.29 is 28.4 Å². The van der Waals surface area contributed by atoms with Gasteiger partial charge in [-0.25, -0.2) is 0 Å². The van der Waals surface area contributed by atoms with Gasteiger partial charge in [0.1, 0.15) is 0 Å². The molecule has 0 heterocycles. The first-order chi connectivity index (χ1) is 10.9. The summed E-state index contributed by atoms with van der Waals surface area (Å²) in [5, 5.41) is 0.850. The van der Waals surface area contributed by atoms with Crippen LogP contribution in [-0.2, 0) is 28.4 Å². The highest BCUT2D eigenvalue weighted by molar-refractivity contribution is 9.09. The third kappa shape index (κ3) is 20.2. The van der Waals surface area contributed by atoms with Crippen LogP contribution in [0.2, 0.25) is 0 Å². The van der Waals surface area contributed by atoms with Gasteiger partial charge in [0.25, 0.3) is 0 Å². The van der Waals surface area contributed by atoms with E-state index in [0.29, 0.717) is 85.8 Å². The molecular weight excluding hydrogens is 358 g/mol. The van der Waals surface area contributed by atoms with Crippen LogP contribution in [0.4, 0.5) is 0 Å². The van der Waals surface area contributed by atoms with Crippen molar-refractivity contribution in [2.75, 3.05) is 91.2 Å². The zero-order valence-corrected chi connectivity index (χ0v) is 14.9. The first-order valence-electron chi connectivity index (χ1n) is 7.64. The van der Waals surface area contributed by atoms with E-state index in [1.54, 1.807) is 0 Å². The SMILES string of the molecule is NCCOCCOCCOCCOCCOCCOCCBr. The molecule has 7 nitrogen and oxygen atoms in total. The summed E-state index contributed by atoms with van der Waals surface area (Å²) in [5.41, 5.74) is 5.29. The summed E-state index contributed by atoms with van der Waals surface area (Å²) in [6, 6.07) is 0. The van der Waals surface area contributed by atoms with Gasteiger partial charge < -0.3 is 34.2 Å². The average Bonchev–Trinajstić information content (AvgIpc) is 2.54. The van der Waals surface area contributed by atoms with Gasteiger partial charge in [-0.3, -0.25) is 0 Å². The third-order valence-electron chi connectivity index (χ3n) is 2.34. The van der Waals surface area contributed by atoms with Gasteiger partial charge in [0.05, 0.1) is 79.3 Å². The Morgan fingerprint density at radius 3 is 1.00 bits per heavy atom. The van der Waals surface area contributed by atoms with Gasteiger partial charge in [0.15, 0.2) is 0 Å². The Labute approximate surface area is 141 Å². The Balaban J connectivity index is 2.91. The Bertz CT molecular complexity index is 182. The number of alkyl halides is 1. The van der Waals surface area contributed by atoms with E-state index in [9.17, 15) is 0 Å². The molecule has 0 amide bonds. The molecule has 0 aromatic carbocycles. The molecule has 0 aromatic heterocycles. The molecule has 0 fully saturated rings. The first kappa shape index (κ1) is 22.2. The van der Waals surface area contributed by atoms with E-state index < -0.39 is 0 Å². The summed E-state index contributed by atoms with van der Waals surface area (Å²) in [5.74, 6) is 0. The van der Waals surface area contributed by atoms with Crippen molar-refractivity contribution in [1.29, 1.82) is 0 Å². The second-order valence-corrected chi connectivity index (χ2v) is 4.94. The minimum Gasteiger partial charge on any atom is -0.378 e. The minimum atomic E-state index is 0.541. The fourth-order valence-corrected chi connectivity index (χ4v) is 1.57. The molecule has 0 unspecified atom stereocenters. The molecule has 2 N–H and O–H groups in total. The molecular formula is C14H30BrNO6. The number of halogens is 1. The van der Waals surface area contributed by atoms with Crippen molar-refractivity contribution >= 4 is 15.9 Å². The molecule has 0 aliphatic rings. The number of ether oxygens (including phenoxy) is 6.